The van der Waals surface area contributed by atoms with Gasteiger partial charge in [-0.1, -0.05) is 39.0 Å². The molecule has 1 atom stereocenters. The lowest BCUT2D eigenvalue weighted by Gasteiger charge is -2.15. The molecule has 1 aliphatic heterocycles. The van der Waals surface area contributed by atoms with E-state index >= 15 is 0 Å². The predicted molar refractivity (Wildman–Crippen MR) is 51.0 cm³/mol. The first-order valence-electron chi connectivity index (χ1n) is 5.14. The van der Waals surface area contributed by atoms with Crippen LogP contribution in [0.25, 0.3) is 0 Å². The standard InChI is InChI=1S/C7H14.C3H7NO/c1-7-5-3-2-4-6-7;4-1-3-2-5-3/h7H,2-6H2,1H3;3H,1-2,4H2. The Morgan fingerprint density at radius 3 is 2.00 bits per heavy atom. The molecule has 1 saturated heterocycles. The Balaban J connectivity index is 0.000000127. The minimum absolute atomic E-state index is 0.412. The highest BCUT2D eigenvalue weighted by Crippen LogP contribution is 2.22. The molecule has 0 spiro atoms. The molecule has 2 nitrogen and oxygen atoms in total. The molecular weight excluding hydrogens is 150 g/mol. The fourth-order valence-electron chi connectivity index (χ4n) is 1.51. The predicted octanol–water partition coefficient (Wildman–Crippen LogP) is 1.93. The zero-order valence-electron chi connectivity index (χ0n) is 8.09. The zero-order valence-corrected chi connectivity index (χ0v) is 8.09. The van der Waals surface area contributed by atoms with Crippen LogP contribution in [-0.2, 0) is 4.74 Å². The third kappa shape index (κ3) is 4.73. The van der Waals surface area contributed by atoms with Gasteiger partial charge in [0.15, 0.2) is 0 Å². The van der Waals surface area contributed by atoms with Crippen LogP contribution in [0.4, 0.5) is 0 Å². The summed E-state index contributed by atoms with van der Waals surface area (Å²) in [5, 5.41) is 0. The lowest BCUT2D eigenvalue weighted by Crippen LogP contribution is -2.05. The van der Waals surface area contributed by atoms with E-state index in [-0.39, 0.29) is 0 Å². The van der Waals surface area contributed by atoms with Gasteiger partial charge < -0.3 is 10.5 Å². The summed E-state index contributed by atoms with van der Waals surface area (Å²) in [5.41, 5.74) is 5.11. The van der Waals surface area contributed by atoms with Gasteiger partial charge in [-0.3, -0.25) is 0 Å². The Hall–Kier alpha value is -0.0800. The minimum atomic E-state index is 0.412. The second kappa shape index (κ2) is 5.55. The van der Waals surface area contributed by atoms with E-state index in [9.17, 15) is 0 Å². The average molecular weight is 171 g/mol. The van der Waals surface area contributed by atoms with Crippen LogP contribution in [0.5, 0.6) is 0 Å². The Bertz CT molecular complexity index is 106. The fraction of sp³-hybridized carbons (Fsp3) is 1.00. The molecule has 0 aromatic heterocycles. The molecule has 0 radical (unpaired) electrons. The normalized spacial score (nSPS) is 29.0. The molecule has 2 N–H and O–H groups in total. The molecule has 2 rings (SSSR count). The number of ether oxygens (including phenoxy) is 1. The summed E-state index contributed by atoms with van der Waals surface area (Å²) in [4.78, 5) is 0. The second-order valence-corrected chi connectivity index (χ2v) is 3.93. The Labute approximate surface area is 75.5 Å². The van der Waals surface area contributed by atoms with Gasteiger partial charge in [-0.25, -0.2) is 0 Å². The Morgan fingerprint density at radius 1 is 1.25 bits per heavy atom. The summed E-state index contributed by atoms with van der Waals surface area (Å²) in [7, 11) is 0. The number of hydrogen-bond donors (Lipinski definition) is 1. The summed E-state index contributed by atoms with van der Waals surface area (Å²) in [5.74, 6) is 1.04. The summed E-state index contributed by atoms with van der Waals surface area (Å²) < 4.78 is 4.73. The summed E-state index contributed by atoms with van der Waals surface area (Å²) in [6.45, 7) is 3.94. The van der Waals surface area contributed by atoms with Gasteiger partial charge in [0.2, 0.25) is 0 Å². The molecule has 1 aliphatic carbocycles. The number of nitrogens with two attached hydrogens (primary N) is 1. The first kappa shape index (κ1) is 10.0. The molecule has 0 aromatic carbocycles. The number of hydrogen-bond acceptors (Lipinski definition) is 2. The average Bonchev–Trinajstić information content (AvgIpc) is 2.89. The maximum Gasteiger partial charge on any atom is 0.0931 e. The lowest BCUT2D eigenvalue weighted by atomic mass is 9.91. The zero-order chi connectivity index (χ0) is 8.81. The Kier molecular flexibility index (Phi) is 4.62. The van der Waals surface area contributed by atoms with Crippen molar-refractivity contribution in [1.82, 2.24) is 0 Å². The van der Waals surface area contributed by atoms with Crippen LogP contribution in [-0.4, -0.2) is 19.3 Å². The van der Waals surface area contributed by atoms with Gasteiger partial charge in [-0.05, 0) is 5.92 Å². The van der Waals surface area contributed by atoms with Crippen LogP contribution in [0.3, 0.4) is 0 Å². The van der Waals surface area contributed by atoms with E-state index < -0.39 is 0 Å². The molecule has 1 saturated carbocycles. The van der Waals surface area contributed by atoms with Crippen molar-refractivity contribution in [2.24, 2.45) is 11.7 Å². The van der Waals surface area contributed by atoms with E-state index in [1.54, 1.807) is 0 Å². The molecule has 1 unspecified atom stereocenters. The van der Waals surface area contributed by atoms with Crippen molar-refractivity contribution in [2.45, 2.75) is 45.1 Å². The van der Waals surface area contributed by atoms with Gasteiger partial charge in [-0.15, -0.1) is 0 Å². The van der Waals surface area contributed by atoms with E-state index in [2.05, 4.69) is 6.92 Å². The maximum absolute atomic E-state index is 5.11. The third-order valence-electron chi connectivity index (χ3n) is 2.56. The first-order chi connectivity index (χ1) is 5.83. The van der Waals surface area contributed by atoms with E-state index in [1.165, 1.54) is 32.1 Å². The van der Waals surface area contributed by atoms with Crippen LogP contribution in [0.15, 0.2) is 0 Å². The molecule has 2 heteroatoms. The molecule has 72 valence electrons. The van der Waals surface area contributed by atoms with Gasteiger partial charge in [0.05, 0.1) is 12.7 Å². The van der Waals surface area contributed by atoms with Gasteiger partial charge >= 0.3 is 0 Å². The van der Waals surface area contributed by atoms with Crippen LogP contribution in [0.1, 0.15) is 39.0 Å². The SMILES string of the molecule is CC1CCCCC1.NCC1CO1. The molecular formula is C10H21NO. The molecule has 2 fully saturated rings. The minimum Gasteiger partial charge on any atom is -0.372 e. The largest absolute Gasteiger partial charge is 0.372 e. The number of epoxide rings is 1. The highest BCUT2D eigenvalue weighted by molar-refractivity contribution is 4.67. The molecule has 0 bridgehead atoms. The lowest BCUT2D eigenvalue weighted by molar-refractivity contribution is 0.385. The van der Waals surface area contributed by atoms with Crippen molar-refractivity contribution in [3.63, 3.8) is 0 Å². The van der Waals surface area contributed by atoms with Gasteiger partial charge in [0, 0.05) is 6.54 Å². The van der Waals surface area contributed by atoms with Crippen molar-refractivity contribution < 1.29 is 4.74 Å². The monoisotopic (exact) mass is 171 g/mol. The third-order valence-corrected chi connectivity index (χ3v) is 2.56. The summed E-state index contributed by atoms with van der Waals surface area (Å²) in [6.07, 6.45) is 7.85. The van der Waals surface area contributed by atoms with Gasteiger partial charge in [-0.2, -0.15) is 0 Å². The second-order valence-electron chi connectivity index (χ2n) is 3.93. The van der Waals surface area contributed by atoms with Crippen LogP contribution >= 0.6 is 0 Å². The van der Waals surface area contributed by atoms with Crippen molar-refractivity contribution in [2.75, 3.05) is 13.2 Å². The quantitative estimate of drug-likeness (QED) is 0.612. The molecule has 12 heavy (non-hydrogen) atoms. The summed E-state index contributed by atoms with van der Waals surface area (Å²) >= 11 is 0. The molecule has 1 heterocycles. The molecule has 0 amide bonds. The van der Waals surface area contributed by atoms with Crippen molar-refractivity contribution in [1.29, 1.82) is 0 Å². The van der Waals surface area contributed by atoms with Crippen LogP contribution < -0.4 is 5.73 Å². The summed E-state index contributed by atoms with van der Waals surface area (Å²) in [6, 6.07) is 0. The van der Waals surface area contributed by atoms with Gasteiger partial charge in [0.25, 0.3) is 0 Å². The van der Waals surface area contributed by atoms with Gasteiger partial charge in [0.1, 0.15) is 0 Å². The van der Waals surface area contributed by atoms with E-state index in [0.29, 0.717) is 12.6 Å². The van der Waals surface area contributed by atoms with E-state index in [0.717, 1.165) is 12.5 Å². The van der Waals surface area contributed by atoms with Crippen molar-refractivity contribution in [3.05, 3.63) is 0 Å². The van der Waals surface area contributed by atoms with Crippen molar-refractivity contribution >= 4 is 0 Å². The fourth-order valence-corrected chi connectivity index (χ4v) is 1.51. The topological polar surface area (TPSA) is 38.5 Å². The highest BCUT2D eigenvalue weighted by Gasteiger charge is 2.18. The highest BCUT2D eigenvalue weighted by atomic mass is 16.6. The first-order valence-corrected chi connectivity index (χ1v) is 5.14. The molecule has 0 aromatic rings. The van der Waals surface area contributed by atoms with Crippen molar-refractivity contribution in [3.8, 4) is 0 Å². The maximum atomic E-state index is 5.11. The number of rotatable bonds is 1. The van der Waals surface area contributed by atoms with Crippen LogP contribution in [0.2, 0.25) is 0 Å². The molecule has 2 aliphatic rings. The van der Waals surface area contributed by atoms with Crippen LogP contribution in [0, 0.1) is 5.92 Å². The van der Waals surface area contributed by atoms with E-state index in [4.69, 9.17) is 10.5 Å². The smallest absolute Gasteiger partial charge is 0.0931 e. The van der Waals surface area contributed by atoms with E-state index in [1.807, 2.05) is 0 Å². The Morgan fingerprint density at radius 2 is 1.83 bits per heavy atom.